The van der Waals surface area contributed by atoms with Crippen LogP contribution in [-0.4, -0.2) is 39.4 Å². The van der Waals surface area contributed by atoms with Crippen LogP contribution in [0.1, 0.15) is 6.92 Å². The maximum Gasteiger partial charge on any atom is 0.128 e. The van der Waals surface area contributed by atoms with E-state index in [2.05, 4.69) is 10.1 Å². The summed E-state index contributed by atoms with van der Waals surface area (Å²) in [4.78, 5) is 11.2. The van der Waals surface area contributed by atoms with Gasteiger partial charge < -0.3 is 15.4 Å². The number of rotatable bonds is 7. The largest absolute Gasteiger partial charge is 0.494 e. The highest BCUT2D eigenvalue weighted by atomic mass is 19.1. The van der Waals surface area contributed by atoms with Gasteiger partial charge >= 0.3 is 0 Å². The summed E-state index contributed by atoms with van der Waals surface area (Å²) in [5.74, 6) is 0.117. The summed E-state index contributed by atoms with van der Waals surface area (Å²) in [7, 11) is 1.86. The maximum absolute atomic E-state index is 14.2. The van der Waals surface area contributed by atoms with Crippen LogP contribution in [0.4, 0.5) is 15.8 Å². The topological polar surface area (TPSA) is 82.1 Å². The van der Waals surface area contributed by atoms with Crippen LogP contribution in [0, 0.1) is 5.82 Å². The molecule has 0 aliphatic rings. The molecule has 154 valence electrons. The highest BCUT2D eigenvalue weighted by Gasteiger charge is 2.14. The maximum atomic E-state index is 14.2. The van der Waals surface area contributed by atoms with Crippen LogP contribution in [0.25, 0.3) is 22.3 Å². The summed E-state index contributed by atoms with van der Waals surface area (Å²) < 4.78 is 21.4. The fourth-order valence-electron chi connectivity index (χ4n) is 3.35. The van der Waals surface area contributed by atoms with Crippen LogP contribution in [-0.2, 0) is 7.05 Å². The summed E-state index contributed by atoms with van der Waals surface area (Å²) in [6.07, 6.45) is 5.38. The first-order chi connectivity index (χ1) is 14.6. The molecule has 0 aliphatic heterocycles. The minimum atomic E-state index is -0.364. The average Bonchev–Trinajstić information content (AvgIpc) is 3.17. The Kier molecular flexibility index (Phi) is 5.58. The van der Waals surface area contributed by atoms with Gasteiger partial charge in [-0.2, -0.15) is 5.10 Å². The molecule has 0 aliphatic carbocycles. The lowest BCUT2D eigenvalue weighted by atomic mass is 10.2. The molecular weight excluding hydrogens is 383 g/mol. The Morgan fingerprint density at radius 3 is 2.70 bits per heavy atom. The number of nitrogens with zero attached hydrogens (tertiary/aromatic N) is 5. The highest BCUT2D eigenvalue weighted by Crippen LogP contribution is 2.31. The predicted octanol–water partition coefficient (Wildman–Crippen LogP) is 3.66. The van der Waals surface area contributed by atoms with Crippen LogP contribution < -0.4 is 15.4 Å². The monoisotopic (exact) mass is 406 g/mol. The van der Waals surface area contributed by atoms with Gasteiger partial charge in [0.2, 0.25) is 0 Å². The van der Waals surface area contributed by atoms with E-state index in [1.54, 1.807) is 17.1 Å². The van der Waals surface area contributed by atoms with Crippen molar-refractivity contribution in [2.24, 2.45) is 12.8 Å². The average molecular weight is 406 g/mol. The summed E-state index contributed by atoms with van der Waals surface area (Å²) in [6, 6.07) is 10.4. The van der Waals surface area contributed by atoms with Crippen molar-refractivity contribution in [2.75, 3.05) is 24.6 Å². The van der Waals surface area contributed by atoms with E-state index in [-0.39, 0.29) is 5.82 Å². The first kappa shape index (κ1) is 19.8. The Bertz CT molecular complexity index is 1180. The SMILES string of the molecule is CCOc1cc(F)cc(N(CCN)c2ccc3ncc(-c4cnn(C)c4)nc3c2)c1. The van der Waals surface area contributed by atoms with Gasteiger partial charge in [0.1, 0.15) is 11.6 Å². The minimum absolute atomic E-state index is 0.364. The van der Waals surface area contributed by atoms with Crippen LogP contribution in [0.15, 0.2) is 55.0 Å². The molecule has 2 aromatic carbocycles. The number of benzene rings is 2. The lowest BCUT2D eigenvalue weighted by Crippen LogP contribution is -2.25. The standard InChI is InChI=1S/C22H23FN6O/c1-3-30-19-9-16(23)8-18(10-19)29(7-6-24)17-4-5-20-21(11-17)27-22(13-25-20)15-12-26-28(2)14-15/h4-5,8-14H,3,6-7,24H2,1-2H3. The Morgan fingerprint density at radius 1 is 1.10 bits per heavy atom. The van der Waals surface area contributed by atoms with Gasteiger partial charge in [-0.05, 0) is 31.2 Å². The number of aryl methyl sites for hydroxylation is 1. The van der Waals surface area contributed by atoms with Crippen molar-refractivity contribution in [1.29, 1.82) is 0 Å². The lowest BCUT2D eigenvalue weighted by molar-refractivity contribution is 0.338. The third kappa shape index (κ3) is 4.08. The first-order valence-corrected chi connectivity index (χ1v) is 9.74. The molecule has 0 saturated heterocycles. The van der Waals surface area contributed by atoms with Crippen molar-refractivity contribution in [1.82, 2.24) is 19.7 Å². The molecule has 2 N–H and O–H groups in total. The van der Waals surface area contributed by atoms with Gasteiger partial charge in [0.05, 0.1) is 35.7 Å². The number of aromatic nitrogens is 4. The molecule has 0 unspecified atom stereocenters. The Balaban J connectivity index is 1.76. The number of halogens is 1. The van der Waals surface area contributed by atoms with Crippen molar-refractivity contribution in [2.45, 2.75) is 6.92 Å². The zero-order valence-electron chi connectivity index (χ0n) is 16.9. The Labute approximate surface area is 173 Å². The highest BCUT2D eigenvalue weighted by molar-refractivity contribution is 5.82. The van der Waals surface area contributed by atoms with Crippen molar-refractivity contribution in [3.63, 3.8) is 0 Å². The molecule has 0 atom stereocenters. The molecule has 0 bridgehead atoms. The Hall–Kier alpha value is -3.52. The molecule has 4 aromatic rings. The fourth-order valence-corrected chi connectivity index (χ4v) is 3.35. The number of hydrogen-bond donors (Lipinski definition) is 1. The van der Waals surface area contributed by atoms with Gasteiger partial charge in [-0.1, -0.05) is 0 Å². The van der Waals surface area contributed by atoms with Crippen molar-refractivity contribution in [3.05, 3.63) is 60.8 Å². The zero-order valence-corrected chi connectivity index (χ0v) is 16.9. The fraction of sp³-hybridized carbons (Fsp3) is 0.227. The van der Waals surface area contributed by atoms with Crippen molar-refractivity contribution >= 4 is 22.4 Å². The predicted molar refractivity (Wildman–Crippen MR) is 115 cm³/mol. The van der Waals surface area contributed by atoms with Crippen LogP contribution in [0.2, 0.25) is 0 Å². The van der Waals surface area contributed by atoms with Gasteiger partial charge in [-0.15, -0.1) is 0 Å². The number of anilines is 2. The molecule has 7 nitrogen and oxygen atoms in total. The van der Waals surface area contributed by atoms with Gasteiger partial charge in [0.25, 0.3) is 0 Å². The number of fused-ring (bicyclic) bond motifs is 1. The van der Waals surface area contributed by atoms with Gasteiger partial charge in [0, 0.05) is 55.4 Å². The van der Waals surface area contributed by atoms with Crippen LogP contribution in [0.5, 0.6) is 5.75 Å². The number of nitrogens with two attached hydrogens (primary N) is 1. The molecule has 8 heteroatoms. The molecule has 2 aromatic heterocycles. The number of hydrogen-bond acceptors (Lipinski definition) is 6. The van der Waals surface area contributed by atoms with E-state index in [1.807, 2.05) is 49.3 Å². The van der Waals surface area contributed by atoms with Gasteiger partial charge in [0.15, 0.2) is 0 Å². The first-order valence-electron chi connectivity index (χ1n) is 9.74. The summed E-state index contributed by atoms with van der Waals surface area (Å²) in [5, 5.41) is 4.19. The smallest absolute Gasteiger partial charge is 0.128 e. The molecule has 0 amide bonds. The molecule has 2 heterocycles. The minimum Gasteiger partial charge on any atom is -0.494 e. The summed E-state index contributed by atoms with van der Waals surface area (Å²) in [5.41, 5.74) is 10.5. The summed E-state index contributed by atoms with van der Waals surface area (Å²) in [6.45, 7) is 3.24. The third-order valence-corrected chi connectivity index (χ3v) is 4.67. The van der Waals surface area contributed by atoms with E-state index < -0.39 is 0 Å². The zero-order chi connectivity index (χ0) is 21.1. The second kappa shape index (κ2) is 8.46. The van der Waals surface area contributed by atoms with E-state index in [4.69, 9.17) is 15.5 Å². The molecule has 0 saturated carbocycles. The van der Waals surface area contributed by atoms with Crippen molar-refractivity contribution < 1.29 is 9.13 Å². The lowest BCUT2D eigenvalue weighted by Gasteiger charge is -2.25. The van der Waals surface area contributed by atoms with E-state index in [9.17, 15) is 4.39 Å². The van der Waals surface area contributed by atoms with E-state index in [0.29, 0.717) is 31.1 Å². The van der Waals surface area contributed by atoms with Crippen LogP contribution >= 0.6 is 0 Å². The van der Waals surface area contributed by atoms with Gasteiger partial charge in [-0.25, -0.2) is 9.37 Å². The molecule has 0 fully saturated rings. The van der Waals surface area contributed by atoms with Crippen LogP contribution in [0.3, 0.4) is 0 Å². The third-order valence-electron chi connectivity index (χ3n) is 4.67. The summed E-state index contributed by atoms with van der Waals surface area (Å²) >= 11 is 0. The van der Waals surface area contributed by atoms with Gasteiger partial charge in [-0.3, -0.25) is 9.67 Å². The normalized spacial score (nSPS) is 11.1. The molecular formula is C22H23FN6O. The number of ether oxygens (including phenoxy) is 1. The molecule has 30 heavy (non-hydrogen) atoms. The molecule has 0 spiro atoms. The second-order valence-electron chi connectivity index (χ2n) is 6.85. The molecule has 4 rings (SSSR count). The van der Waals surface area contributed by atoms with E-state index in [1.165, 1.54) is 12.1 Å². The second-order valence-corrected chi connectivity index (χ2v) is 6.85. The van der Waals surface area contributed by atoms with Crippen molar-refractivity contribution in [3.8, 4) is 17.0 Å². The quantitative estimate of drug-likeness (QED) is 0.504. The van der Waals surface area contributed by atoms with E-state index in [0.717, 1.165) is 28.0 Å². The molecule has 0 radical (unpaired) electrons. The Morgan fingerprint density at radius 2 is 1.97 bits per heavy atom. The van der Waals surface area contributed by atoms with E-state index >= 15 is 0 Å².